The van der Waals surface area contributed by atoms with Crippen LogP contribution in [0.5, 0.6) is 0 Å². The molecular formula is C15H13NO2. The number of rotatable bonds is 2. The van der Waals surface area contributed by atoms with Gasteiger partial charge in [-0.05, 0) is 30.0 Å². The second-order valence-electron chi connectivity index (χ2n) is 4.34. The maximum atomic E-state index is 10.4. The molecule has 3 aromatic rings. The van der Waals surface area contributed by atoms with Crippen molar-refractivity contribution in [2.75, 3.05) is 0 Å². The van der Waals surface area contributed by atoms with Crippen molar-refractivity contribution in [2.24, 2.45) is 0 Å². The van der Waals surface area contributed by atoms with Gasteiger partial charge in [0.2, 0.25) is 0 Å². The smallest absolute Gasteiger partial charge is 0.108 e. The molecule has 3 nitrogen and oxygen atoms in total. The third-order valence-electron chi connectivity index (χ3n) is 3.08. The van der Waals surface area contributed by atoms with Gasteiger partial charge < -0.3 is 9.52 Å². The number of aromatic nitrogens is 1. The first kappa shape index (κ1) is 11.0. The number of benzene rings is 1. The number of aryl methyl sites for hydroxylation is 1. The molecule has 0 saturated carbocycles. The Bertz CT molecular complexity index is 682. The highest BCUT2D eigenvalue weighted by molar-refractivity contribution is 5.85. The molecule has 0 spiro atoms. The standard InChI is InChI=1S/C15H13NO2/c1-10-7-12(9-18-10)15(17)14-4-2-3-11-8-16-6-5-13(11)14/h2-9,15,17H,1H3. The molecule has 2 heterocycles. The fraction of sp³-hybridized carbons (Fsp3) is 0.133. The van der Waals surface area contributed by atoms with Crippen molar-refractivity contribution in [3.8, 4) is 0 Å². The molecule has 3 rings (SSSR count). The van der Waals surface area contributed by atoms with Crippen LogP contribution in [0.4, 0.5) is 0 Å². The van der Waals surface area contributed by atoms with Crippen molar-refractivity contribution in [1.29, 1.82) is 0 Å². The van der Waals surface area contributed by atoms with Gasteiger partial charge in [-0.25, -0.2) is 0 Å². The third kappa shape index (κ3) is 1.79. The minimum atomic E-state index is -0.673. The highest BCUT2D eigenvalue weighted by atomic mass is 16.3. The van der Waals surface area contributed by atoms with Crippen molar-refractivity contribution in [1.82, 2.24) is 4.98 Å². The molecule has 0 amide bonds. The van der Waals surface area contributed by atoms with Gasteiger partial charge in [-0.3, -0.25) is 4.98 Å². The number of fused-ring (bicyclic) bond motifs is 1. The zero-order valence-corrected chi connectivity index (χ0v) is 10.00. The van der Waals surface area contributed by atoms with Crippen LogP contribution in [0.3, 0.4) is 0 Å². The molecule has 0 aliphatic heterocycles. The number of pyridine rings is 1. The van der Waals surface area contributed by atoms with E-state index in [-0.39, 0.29) is 0 Å². The maximum absolute atomic E-state index is 10.4. The molecule has 1 N–H and O–H groups in total. The van der Waals surface area contributed by atoms with Crippen molar-refractivity contribution < 1.29 is 9.52 Å². The van der Waals surface area contributed by atoms with Gasteiger partial charge in [0, 0.05) is 23.3 Å². The fourth-order valence-electron chi connectivity index (χ4n) is 2.17. The fourth-order valence-corrected chi connectivity index (χ4v) is 2.17. The number of aliphatic hydroxyl groups is 1. The Kier molecular flexibility index (Phi) is 2.61. The normalized spacial score (nSPS) is 12.8. The van der Waals surface area contributed by atoms with Gasteiger partial charge in [0.15, 0.2) is 0 Å². The van der Waals surface area contributed by atoms with Crippen molar-refractivity contribution in [3.05, 3.63) is 65.9 Å². The Morgan fingerprint density at radius 2 is 2.17 bits per heavy atom. The van der Waals surface area contributed by atoms with Gasteiger partial charge in [0.25, 0.3) is 0 Å². The second kappa shape index (κ2) is 4.27. The summed E-state index contributed by atoms with van der Waals surface area (Å²) in [7, 11) is 0. The molecule has 0 radical (unpaired) electrons. The number of furan rings is 1. The van der Waals surface area contributed by atoms with Gasteiger partial charge >= 0.3 is 0 Å². The van der Waals surface area contributed by atoms with Crippen LogP contribution < -0.4 is 0 Å². The quantitative estimate of drug-likeness (QED) is 0.746. The molecule has 1 aromatic carbocycles. The molecule has 0 aliphatic carbocycles. The van der Waals surface area contributed by atoms with E-state index in [9.17, 15) is 5.11 Å². The predicted octanol–water partition coefficient (Wildman–Crippen LogP) is 3.22. The SMILES string of the molecule is Cc1cc(C(O)c2cccc3cnccc23)co1. The maximum Gasteiger partial charge on any atom is 0.108 e. The summed E-state index contributed by atoms with van der Waals surface area (Å²) in [5.74, 6) is 0.797. The van der Waals surface area contributed by atoms with Gasteiger partial charge in [0.05, 0.1) is 6.26 Å². The lowest BCUT2D eigenvalue weighted by molar-refractivity contribution is 0.221. The topological polar surface area (TPSA) is 46.3 Å². The van der Waals surface area contributed by atoms with Crippen LogP contribution in [0.2, 0.25) is 0 Å². The molecule has 1 unspecified atom stereocenters. The first-order valence-corrected chi connectivity index (χ1v) is 5.81. The monoisotopic (exact) mass is 239 g/mol. The number of nitrogens with zero attached hydrogens (tertiary/aromatic N) is 1. The van der Waals surface area contributed by atoms with E-state index in [2.05, 4.69) is 4.98 Å². The van der Waals surface area contributed by atoms with Crippen LogP contribution >= 0.6 is 0 Å². The van der Waals surface area contributed by atoms with Crippen molar-refractivity contribution >= 4 is 10.8 Å². The van der Waals surface area contributed by atoms with Crippen LogP contribution in [0.1, 0.15) is 23.0 Å². The molecule has 0 aliphatic rings. The van der Waals surface area contributed by atoms with E-state index >= 15 is 0 Å². The summed E-state index contributed by atoms with van der Waals surface area (Å²) in [6, 6.07) is 9.61. The van der Waals surface area contributed by atoms with E-state index in [0.29, 0.717) is 0 Å². The Hall–Kier alpha value is -2.13. The van der Waals surface area contributed by atoms with Crippen LogP contribution in [0.15, 0.2) is 53.4 Å². The Balaban J connectivity index is 2.14. The number of aliphatic hydroxyl groups excluding tert-OH is 1. The van der Waals surface area contributed by atoms with Crippen LogP contribution in [0, 0.1) is 6.92 Å². The Morgan fingerprint density at radius 1 is 1.28 bits per heavy atom. The lowest BCUT2D eigenvalue weighted by Crippen LogP contribution is -1.99. The molecule has 3 heteroatoms. The lowest BCUT2D eigenvalue weighted by atomic mass is 9.98. The van der Waals surface area contributed by atoms with E-state index in [4.69, 9.17) is 4.42 Å². The summed E-state index contributed by atoms with van der Waals surface area (Å²) in [5, 5.41) is 12.5. The van der Waals surface area contributed by atoms with E-state index < -0.39 is 6.10 Å². The minimum absolute atomic E-state index is 0.673. The van der Waals surface area contributed by atoms with Gasteiger partial charge in [-0.15, -0.1) is 0 Å². The first-order chi connectivity index (χ1) is 8.75. The highest BCUT2D eigenvalue weighted by Gasteiger charge is 2.15. The summed E-state index contributed by atoms with van der Waals surface area (Å²) in [5.41, 5.74) is 1.65. The minimum Gasteiger partial charge on any atom is -0.469 e. The van der Waals surface area contributed by atoms with Crippen LogP contribution in [0.25, 0.3) is 10.8 Å². The summed E-state index contributed by atoms with van der Waals surface area (Å²) in [6.07, 6.45) is 4.46. The molecule has 0 saturated heterocycles. The van der Waals surface area contributed by atoms with Crippen LogP contribution in [-0.4, -0.2) is 10.1 Å². The van der Waals surface area contributed by atoms with E-state index in [1.807, 2.05) is 37.3 Å². The summed E-state index contributed by atoms with van der Waals surface area (Å²) in [4.78, 5) is 4.09. The average Bonchev–Trinajstić information content (AvgIpc) is 2.84. The van der Waals surface area contributed by atoms with Crippen molar-refractivity contribution in [3.63, 3.8) is 0 Å². The molecule has 0 bridgehead atoms. The zero-order chi connectivity index (χ0) is 12.5. The van der Waals surface area contributed by atoms with E-state index in [0.717, 1.165) is 27.7 Å². The lowest BCUT2D eigenvalue weighted by Gasteiger charge is -2.11. The van der Waals surface area contributed by atoms with Gasteiger partial charge in [-0.2, -0.15) is 0 Å². The Labute approximate surface area is 105 Å². The number of hydrogen-bond donors (Lipinski definition) is 1. The van der Waals surface area contributed by atoms with Gasteiger partial charge in [-0.1, -0.05) is 18.2 Å². The summed E-state index contributed by atoms with van der Waals surface area (Å²) >= 11 is 0. The largest absolute Gasteiger partial charge is 0.469 e. The molecule has 0 fully saturated rings. The highest BCUT2D eigenvalue weighted by Crippen LogP contribution is 2.29. The molecular weight excluding hydrogens is 226 g/mol. The van der Waals surface area contributed by atoms with Gasteiger partial charge in [0.1, 0.15) is 11.9 Å². The molecule has 18 heavy (non-hydrogen) atoms. The number of hydrogen-bond acceptors (Lipinski definition) is 3. The van der Waals surface area contributed by atoms with E-state index in [1.165, 1.54) is 0 Å². The van der Waals surface area contributed by atoms with E-state index in [1.54, 1.807) is 18.7 Å². The summed E-state index contributed by atoms with van der Waals surface area (Å²) in [6.45, 7) is 1.86. The predicted molar refractivity (Wildman–Crippen MR) is 69.2 cm³/mol. The molecule has 1 atom stereocenters. The second-order valence-corrected chi connectivity index (χ2v) is 4.34. The van der Waals surface area contributed by atoms with Crippen LogP contribution in [-0.2, 0) is 0 Å². The Morgan fingerprint density at radius 3 is 2.94 bits per heavy atom. The molecule has 90 valence electrons. The third-order valence-corrected chi connectivity index (χ3v) is 3.08. The summed E-state index contributed by atoms with van der Waals surface area (Å²) < 4.78 is 5.25. The average molecular weight is 239 g/mol. The van der Waals surface area contributed by atoms with Crippen molar-refractivity contribution in [2.45, 2.75) is 13.0 Å². The first-order valence-electron chi connectivity index (χ1n) is 5.81. The molecule has 2 aromatic heterocycles. The zero-order valence-electron chi connectivity index (χ0n) is 10.00.